The molecule has 2 aromatic carbocycles. The van der Waals surface area contributed by atoms with Crippen molar-refractivity contribution in [3.63, 3.8) is 0 Å². The number of hydrazone groups is 1. The van der Waals surface area contributed by atoms with E-state index in [1.54, 1.807) is 47.4 Å². The first-order valence-corrected chi connectivity index (χ1v) is 13.8. The maximum Gasteiger partial charge on any atom is 0.271 e. The third kappa shape index (κ3) is 4.65. The summed E-state index contributed by atoms with van der Waals surface area (Å²) in [5.74, 6) is 0.888. The third-order valence-corrected chi connectivity index (χ3v) is 8.49. The Morgan fingerprint density at radius 3 is 2.69 bits per heavy atom. The highest BCUT2D eigenvalue weighted by Gasteiger charge is 2.22. The number of hydrogen-bond acceptors (Lipinski definition) is 6. The highest BCUT2D eigenvalue weighted by atomic mass is 79.9. The van der Waals surface area contributed by atoms with Crippen LogP contribution in [0.15, 0.2) is 55.2 Å². The van der Waals surface area contributed by atoms with Crippen LogP contribution in [0.25, 0.3) is 15.9 Å². The number of ether oxygens (including phenoxy) is 1. The van der Waals surface area contributed by atoms with Gasteiger partial charge < -0.3 is 4.74 Å². The van der Waals surface area contributed by atoms with Crippen molar-refractivity contribution in [3.05, 3.63) is 83.1 Å². The average molecular weight is 630 g/mol. The summed E-state index contributed by atoms with van der Waals surface area (Å²) in [4.78, 5) is 33.2. The van der Waals surface area contributed by atoms with E-state index in [9.17, 15) is 9.59 Å². The van der Waals surface area contributed by atoms with Crippen molar-refractivity contribution in [2.24, 2.45) is 5.10 Å². The minimum atomic E-state index is -0.382. The van der Waals surface area contributed by atoms with Gasteiger partial charge in [-0.05, 0) is 106 Å². The molecule has 0 fully saturated rings. The number of amides is 1. The first-order valence-electron chi connectivity index (χ1n) is 11.4. The number of halogens is 2. The van der Waals surface area contributed by atoms with Crippen molar-refractivity contribution < 1.29 is 9.53 Å². The van der Waals surface area contributed by atoms with Gasteiger partial charge >= 0.3 is 0 Å². The summed E-state index contributed by atoms with van der Waals surface area (Å²) in [5, 5.41) is 4.81. The number of benzene rings is 2. The summed E-state index contributed by atoms with van der Waals surface area (Å²) < 4.78 is 8.42. The van der Waals surface area contributed by atoms with E-state index < -0.39 is 0 Å². The van der Waals surface area contributed by atoms with Gasteiger partial charge in [-0.25, -0.2) is 10.4 Å². The standard InChI is InChI=1S/C26H22Br2N4O3S/c1-14-30-25-22(18-8-3-4-9-21(18)36-25)26(34)32(14)17-7-5-6-16(12-17)24(33)31-29-13-15-10-19(27)23(35-2)20(28)11-15/h5-7,10-13H,3-4,8-9H2,1-2H3,(H,31,33)/b29-13+. The van der Waals surface area contributed by atoms with Gasteiger partial charge in [-0.3, -0.25) is 14.2 Å². The van der Waals surface area contributed by atoms with E-state index in [1.807, 2.05) is 25.1 Å². The second-order valence-corrected chi connectivity index (χ2v) is 11.3. The summed E-state index contributed by atoms with van der Waals surface area (Å²) >= 11 is 8.54. The molecule has 2 aromatic heterocycles. The van der Waals surface area contributed by atoms with E-state index in [4.69, 9.17) is 9.72 Å². The smallest absolute Gasteiger partial charge is 0.271 e. The molecule has 1 aliphatic rings. The van der Waals surface area contributed by atoms with Crippen LogP contribution in [0.2, 0.25) is 0 Å². The van der Waals surface area contributed by atoms with Crippen LogP contribution in [0.1, 0.15) is 45.0 Å². The molecule has 0 bridgehead atoms. The molecular formula is C26H22Br2N4O3S. The van der Waals surface area contributed by atoms with E-state index in [0.29, 0.717) is 22.8 Å². The number of thiophene rings is 1. The number of hydrogen-bond donors (Lipinski definition) is 1. The van der Waals surface area contributed by atoms with Gasteiger partial charge in [0.1, 0.15) is 16.4 Å². The molecule has 10 heteroatoms. The number of aromatic nitrogens is 2. The molecule has 2 heterocycles. The zero-order chi connectivity index (χ0) is 25.4. The van der Waals surface area contributed by atoms with Crippen LogP contribution in [-0.2, 0) is 12.8 Å². The molecule has 0 radical (unpaired) electrons. The molecule has 0 spiro atoms. The zero-order valence-corrected chi connectivity index (χ0v) is 23.6. The number of carbonyl (C=O) groups excluding carboxylic acids is 1. The van der Waals surface area contributed by atoms with Crippen LogP contribution in [0.3, 0.4) is 0 Å². The second-order valence-electron chi connectivity index (χ2n) is 8.46. The summed E-state index contributed by atoms with van der Waals surface area (Å²) in [6.07, 6.45) is 5.71. The predicted octanol–water partition coefficient (Wildman–Crippen LogP) is 5.93. The van der Waals surface area contributed by atoms with Gasteiger partial charge in [0.15, 0.2) is 0 Å². The number of fused-ring (bicyclic) bond motifs is 3. The number of methoxy groups -OCH3 is 1. The summed E-state index contributed by atoms with van der Waals surface area (Å²) in [5.41, 5.74) is 5.38. The SMILES string of the molecule is COc1c(Br)cc(/C=N/NC(=O)c2cccc(-n3c(C)nc4sc5c(c4c3=O)CCCC5)c2)cc1Br. The molecule has 4 aromatic rings. The Hall–Kier alpha value is -2.82. The lowest BCUT2D eigenvalue weighted by Crippen LogP contribution is -2.23. The Kier molecular flexibility index (Phi) is 7.09. The monoisotopic (exact) mass is 628 g/mol. The molecular weight excluding hydrogens is 608 g/mol. The van der Waals surface area contributed by atoms with Crippen molar-refractivity contribution >= 4 is 65.5 Å². The van der Waals surface area contributed by atoms with Gasteiger partial charge in [-0.15, -0.1) is 11.3 Å². The first-order chi connectivity index (χ1) is 17.4. The average Bonchev–Trinajstić information content (AvgIpc) is 3.22. The Balaban J connectivity index is 1.42. The zero-order valence-electron chi connectivity index (χ0n) is 19.6. The molecule has 1 aliphatic carbocycles. The Morgan fingerprint density at radius 1 is 1.19 bits per heavy atom. The minimum absolute atomic E-state index is 0.0804. The molecule has 36 heavy (non-hydrogen) atoms. The second kappa shape index (κ2) is 10.3. The number of carbonyl (C=O) groups is 1. The fourth-order valence-corrected chi connectivity index (χ4v) is 7.32. The normalized spacial score (nSPS) is 13.2. The highest BCUT2D eigenvalue weighted by molar-refractivity contribution is 9.11. The molecule has 0 saturated heterocycles. The molecule has 0 unspecified atom stereocenters. The number of nitrogens with zero attached hydrogens (tertiary/aromatic N) is 3. The quantitative estimate of drug-likeness (QED) is 0.219. The number of aryl methyl sites for hydroxylation is 3. The molecule has 0 atom stereocenters. The number of nitrogens with one attached hydrogen (secondary N) is 1. The van der Waals surface area contributed by atoms with E-state index in [-0.39, 0.29) is 11.5 Å². The molecule has 0 aliphatic heterocycles. The van der Waals surface area contributed by atoms with Crippen molar-refractivity contribution in [1.29, 1.82) is 0 Å². The molecule has 7 nitrogen and oxygen atoms in total. The van der Waals surface area contributed by atoms with Gasteiger partial charge in [-0.2, -0.15) is 5.10 Å². The Bertz CT molecular complexity index is 1570. The topological polar surface area (TPSA) is 85.6 Å². The predicted molar refractivity (Wildman–Crippen MR) is 150 cm³/mol. The van der Waals surface area contributed by atoms with Crippen molar-refractivity contribution in [2.75, 3.05) is 7.11 Å². The van der Waals surface area contributed by atoms with Crippen molar-refractivity contribution in [1.82, 2.24) is 15.0 Å². The summed E-state index contributed by atoms with van der Waals surface area (Å²) in [6.45, 7) is 1.82. The molecule has 184 valence electrons. The lowest BCUT2D eigenvalue weighted by Gasteiger charge is -2.12. The van der Waals surface area contributed by atoms with Crippen LogP contribution in [0.5, 0.6) is 5.75 Å². The van der Waals surface area contributed by atoms with Gasteiger partial charge in [-0.1, -0.05) is 6.07 Å². The minimum Gasteiger partial charge on any atom is -0.494 e. The van der Waals surface area contributed by atoms with Crippen LogP contribution in [-0.4, -0.2) is 28.8 Å². The molecule has 5 rings (SSSR count). The maximum atomic E-state index is 13.6. The van der Waals surface area contributed by atoms with Crippen LogP contribution < -0.4 is 15.7 Å². The van der Waals surface area contributed by atoms with Gasteiger partial charge in [0.2, 0.25) is 0 Å². The third-order valence-electron chi connectivity index (χ3n) is 6.13. The maximum absolute atomic E-state index is 13.6. The Labute approximate surface area is 228 Å². The van der Waals surface area contributed by atoms with Crippen molar-refractivity contribution in [2.45, 2.75) is 32.6 Å². The van der Waals surface area contributed by atoms with E-state index in [0.717, 1.165) is 56.0 Å². The fraction of sp³-hybridized carbons (Fsp3) is 0.231. The van der Waals surface area contributed by atoms with Crippen LogP contribution in [0, 0.1) is 6.92 Å². The lowest BCUT2D eigenvalue weighted by atomic mass is 9.97. The van der Waals surface area contributed by atoms with Gasteiger partial charge in [0, 0.05) is 10.4 Å². The lowest BCUT2D eigenvalue weighted by molar-refractivity contribution is 0.0955. The number of rotatable bonds is 5. The molecule has 1 amide bonds. The summed E-state index contributed by atoms with van der Waals surface area (Å²) in [6, 6.07) is 10.6. The van der Waals surface area contributed by atoms with E-state index in [1.165, 1.54) is 4.88 Å². The van der Waals surface area contributed by atoms with E-state index >= 15 is 0 Å². The first kappa shape index (κ1) is 24.9. The fourth-order valence-electron chi connectivity index (χ4n) is 4.48. The largest absolute Gasteiger partial charge is 0.494 e. The molecule has 1 N–H and O–H groups in total. The van der Waals surface area contributed by atoms with E-state index in [2.05, 4.69) is 42.4 Å². The van der Waals surface area contributed by atoms with Gasteiger partial charge in [0.05, 0.1) is 33.3 Å². The summed E-state index contributed by atoms with van der Waals surface area (Å²) in [7, 11) is 1.59. The molecule has 0 saturated carbocycles. The Morgan fingerprint density at radius 2 is 1.94 bits per heavy atom. The van der Waals surface area contributed by atoms with Crippen molar-refractivity contribution in [3.8, 4) is 11.4 Å². The highest BCUT2D eigenvalue weighted by Crippen LogP contribution is 2.35. The van der Waals surface area contributed by atoms with Crippen LogP contribution in [0.4, 0.5) is 0 Å². The van der Waals surface area contributed by atoms with Gasteiger partial charge in [0.25, 0.3) is 11.5 Å². The van der Waals surface area contributed by atoms with Crippen LogP contribution >= 0.6 is 43.2 Å².